The van der Waals surface area contributed by atoms with Crippen molar-refractivity contribution in [1.29, 1.82) is 0 Å². The second-order valence-corrected chi connectivity index (χ2v) is 7.69. The molecule has 1 saturated heterocycles. The van der Waals surface area contributed by atoms with Gasteiger partial charge in [-0.15, -0.1) is 11.3 Å². The van der Waals surface area contributed by atoms with Crippen LogP contribution in [0.1, 0.15) is 0 Å². The van der Waals surface area contributed by atoms with Gasteiger partial charge in [0, 0.05) is 18.6 Å². The molecule has 0 aliphatic carbocycles. The molecular weight excluding hydrogens is 302 g/mol. The summed E-state index contributed by atoms with van der Waals surface area (Å²) in [5, 5.41) is 2.99. The van der Waals surface area contributed by atoms with Gasteiger partial charge in [0.05, 0.1) is 29.8 Å². The summed E-state index contributed by atoms with van der Waals surface area (Å²) in [6.45, 7) is 1.62. The molecule has 0 unspecified atom stereocenters. The van der Waals surface area contributed by atoms with Crippen molar-refractivity contribution in [3.8, 4) is 0 Å². The molecule has 4 nitrogen and oxygen atoms in total. The Kier molecular flexibility index (Phi) is 4.90. The van der Waals surface area contributed by atoms with Crippen LogP contribution in [0.3, 0.4) is 0 Å². The number of hydrogen-bond acceptors (Lipinski definition) is 3. The lowest BCUT2D eigenvalue weighted by atomic mass is 10.3. The average Bonchev–Trinajstić information content (AvgIpc) is 2.94. The topological polar surface area (TPSA) is 38.9 Å². The van der Waals surface area contributed by atoms with Gasteiger partial charge in [-0.3, -0.25) is 0 Å². The van der Waals surface area contributed by atoms with E-state index in [1.165, 1.54) is 0 Å². The summed E-state index contributed by atoms with van der Waals surface area (Å²) in [7, 11) is 2.09. The lowest BCUT2D eigenvalue weighted by molar-refractivity contribution is 0.160. The van der Waals surface area contributed by atoms with Crippen LogP contribution >= 0.6 is 11.3 Å². The second-order valence-electron chi connectivity index (χ2n) is 4.65. The molecule has 0 atom stereocenters. The molecule has 2 aromatic rings. The average molecular weight is 320 g/mol. The lowest BCUT2D eigenvalue weighted by Crippen LogP contribution is -2.32. The highest BCUT2D eigenvalue weighted by atomic mass is 32.2. The summed E-state index contributed by atoms with van der Waals surface area (Å²) in [6, 6.07) is 10.1. The first-order chi connectivity index (χ1) is 10.3. The standard InChI is InChI=1S/C15H18N3OS2/c1-18-7-10-20-15(18)17-14(21-11-8-19-9-12-21)16-13-5-3-2-4-6-13/h2-7,10H,8-9,11-12H2,1H3/q+1. The van der Waals surface area contributed by atoms with Crippen molar-refractivity contribution in [2.24, 2.45) is 17.0 Å². The number of aromatic nitrogens is 1. The fraction of sp³-hybridized carbons (Fsp3) is 0.333. The Balaban J connectivity index is 1.99. The van der Waals surface area contributed by atoms with Crippen LogP contribution in [0.2, 0.25) is 0 Å². The summed E-state index contributed by atoms with van der Waals surface area (Å²) in [4.78, 5) is 10.6. The largest absolute Gasteiger partial charge is 0.372 e. The van der Waals surface area contributed by atoms with E-state index in [0.717, 1.165) is 40.4 Å². The summed E-state index contributed by atoms with van der Waals surface area (Å²) in [5.41, 5.74) is 0.967. The number of nitrogens with zero attached hydrogens (tertiary/aromatic N) is 3. The normalized spacial score (nSPS) is 18.1. The van der Waals surface area contributed by atoms with E-state index in [0.29, 0.717) is 0 Å². The van der Waals surface area contributed by atoms with Crippen molar-refractivity contribution in [3.05, 3.63) is 46.7 Å². The van der Waals surface area contributed by atoms with E-state index in [2.05, 4.69) is 0 Å². The number of amidine groups is 1. The van der Waals surface area contributed by atoms with Crippen molar-refractivity contribution < 1.29 is 4.74 Å². The first-order valence-electron chi connectivity index (χ1n) is 6.87. The molecule has 0 spiro atoms. The SMILES string of the molecule is Cn1ccsc1=NC(=Nc1ccccc1)[S+]1CCOCC1. The molecule has 21 heavy (non-hydrogen) atoms. The Morgan fingerprint density at radius 1 is 1.24 bits per heavy atom. The van der Waals surface area contributed by atoms with E-state index in [-0.39, 0.29) is 10.9 Å². The highest BCUT2D eigenvalue weighted by Gasteiger charge is 2.30. The van der Waals surface area contributed by atoms with Gasteiger partial charge < -0.3 is 9.30 Å². The van der Waals surface area contributed by atoms with Crippen LogP contribution in [0.4, 0.5) is 5.69 Å². The molecule has 3 rings (SSSR count). The molecule has 1 aliphatic heterocycles. The number of para-hydroxylation sites is 1. The van der Waals surface area contributed by atoms with E-state index >= 15 is 0 Å². The number of aliphatic imine (C=N–C) groups is 1. The Morgan fingerprint density at radius 3 is 2.67 bits per heavy atom. The van der Waals surface area contributed by atoms with Gasteiger partial charge in [-0.25, -0.2) is 0 Å². The van der Waals surface area contributed by atoms with Crippen molar-refractivity contribution in [1.82, 2.24) is 4.57 Å². The minimum atomic E-state index is 0.0758. The van der Waals surface area contributed by atoms with Gasteiger partial charge in [0.15, 0.2) is 4.80 Å². The zero-order valence-electron chi connectivity index (χ0n) is 11.9. The summed E-state index contributed by atoms with van der Waals surface area (Å²) in [5.74, 6) is 2.04. The number of thiazole rings is 1. The monoisotopic (exact) mass is 320 g/mol. The molecule has 2 heterocycles. The third-order valence-corrected chi connectivity index (χ3v) is 6.00. The van der Waals surface area contributed by atoms with Crippen LogP contribution in [-0.4, -0.2) is 34.5 Å². The number of benzene rings is 1. The summed E-state index contributed by atoms with van der Waals surface area (Å²) >= 11 is 1.64. The zero-order chi connectivity index (χ0) is 14.5. The molecule has 0 saturated carbocycles. The van der Waals surface area contributed by atoms with Crippen LogP contribution in [0.5, 0.6) is 0 Å². The number of ether oxygens (including phenoxy) is 1. The summed E-state index contributed by atoms with van der Waals surface area (Å²) in [6.07, 6.45) is 2.02. The Morgan fingerprint density at radius 2 is 2.00 bits per heavy atom. The number of aryl methyl sites for hydroxylation is 1. The predicted molar refractivity (Wildman–Crippen MR) is 90.3 cm³/mol. The van der Waals surface area contributed by atoms with Crippen molar-refractivity contribution in [3.63, 3.8) is 0 Å². The van der Waals surface area contributed by atoms with Crippen LogP contribution in [0.25, 0.3) is 0 Å². The first-order valence-corrected chi connectivity index (χ1v) is 9.31. The maximum absolute atomic E-state index is 5.47. The van der Waals surface area contributed by atoms with E-state index < -0.39 is 0 Å². The molecule has 1 aromatic heterocycles. The minimum Gasteiger partial charge on any atom is -0.372 e. The van der Waals surface area contributed by atoms with Crippen LogP contribution in [0, 0.1) is 0 Å². The third kappa shape index (κ3) is 3.84. The lowest BCUT2D eigenvalue weighted by Gasteiger charge is -2.12. The number of hydrogen-bond donors (Lipinski definition) is 0. The minimum absolute atomic E-state index is 0.0758. The van der Waals surface area contributed by atoms with Gasteiger partial charge in [-0.05, 0) is 12.1 Å². The van der Waals surface area contributed by atoms with Gasteiger partial charge in [0.1, 0.15) is 11.5 Å². The molecule has 6 heteroatoms. The van der Waals surface area contributed by atoms with Crippen molar-refractivity contribution >= 4 is 33.1 Å². The molecule has 1 aliphatic rings. The molecule has 1 aromatic carbocycles. The Hall–Kier alpha value is -1.37. The Labute approximate surface area is 131 Å². The second kappa shape index (κ2) is 7.06. The van der Waals surface area contributed by atoms with E-state index in [1.807, 2.05) is 53.5 Å². The van der Waals surface area contributed by atoms with Gasteiger partial charge in [-0.1, -0.05) is 18.2 Å². The molecular formula is C15H18N3OS2+. The maximum atomic E-state index is 5.47. The van der Waals surface area contributed by atoms with E-state index in [4.69, 9.17) is 14.7 Å². The molecule has 0 N–H and O–H groups in total. The maximum Gasteiger partial charge on any atom is 0.348 e. The predicted octanol–water partition coefficient (Wildman–Crippen LogP) is 2.32. The van der Waals surface area contributed by atoms with Crippen LogP contribution in [-0.2, 0) is 22.7 Å². The highest BCUT2D eigenvalue weighted by molar-refractivity contribution is 8.11. The third-order valence-electron chi connectivity index (χ3n) is 3.14. The zero-order valence-corrected chi connectivity index (χ0v) is 13.6. The molecule has 1 fully saturated rings. The quantitative estimate of drug-likeness (QED) is 0.451. The van der Waals surface area contributed by atoms with Gasteiger partial charge >= 0.3 is 5.17 Å². The smallest absolute Gasteiger partial charge is 0.348 e. The fourth-order valence-corrected chi connectivity index (χ4v) is 4.44. The van der Waals surface area contributed by atoms with Gasteiger partial charge in [0.25, 0.3) is 0 Å². The molecule has 0 bridgehead atoms. The van der Waals surface area contributed by atoms with E-state index in [9.17, 15) is 0 Å². The molecule has 0 amide bonds. The van der Waals surface area contributed by atoms with E-state index in [1.54, 1.807) is 11.3 Å². The highest BCUT2D eigenvalue weighted by Crippen LogP contribution is 2.15. The van der Waals surface area contributed by atoms with Crippen LogP contribution < -0.4 is 4.80 Å². The number of rotatable bonds is 1. The molecule has 110 valence electrons. The fourth-order valence-electron chi connectivity index (χ4n) is 1.99. The van der Waals surface area contributed by atoms with Crippen molar-refractivity contribution in [2.45, 2.75) is 0 Å². The van der Waals surface area contributed by atoms with Crippen molar-refractivity contribution in [2.75, 3.05) is 24.7 Å². The molecule has 0 radical (unpaired) electrons. The van der Waals surface area contributed by atoms with Gasteiger partial charge in [0.2, 0.25) is 0 Å². The Bertz CT molecular complexity index is 669. The first kappa shape index (κ1) is 14.6. The summed E-state index contributed by atoms with van der Waals surface area (Å²) < 4.78 is 7.50. The van der Waals surface area contributed by atoms with Crippen LogP contribution in [0.15, 0.2) is 51.9 Å². The van der Waals surface area contributed by atoms with Gasteiger partial charge in [-0.2, -0.15) is 9.98 Å².